The second-order valence-electron chi connectivity index (χ2n) is 12.2. The molecule has 0 aromatic heterocycles. The fourth-order valence-electron chi connectivity index (χ4n) is 5.75. The maximum absolute atomic E-state index is 12.9. The lowest BCUT2D eigenvalue weighted by molar-refractivity contribution is -0.117. The number of carbonyl (C=O) groups is 3. The third-order valence-corrected chi connectivity index (χ3v) is 8.00. The molecule has 2 aliphatic heterocycles. The number of nitrogens with zero attached hydrogens (tertiary/aromatic N) is 2. The Morgan fingerprint density at radius 1 is 0.975 bits per heavy atom. The molecule has 3 atom stereocenters. The molecule has 40 heavy (non-hydrogen) atoms. The summed E-state index contributed by atoms with van der Waals surface area (Å²) in [5, 5.41) is 3.10. The van der Waals surface area contributed by atoms with E-state index in [1.807, 2.05) is 69.0 Å². The minimum atomic E-state index is -0.502. The van der Waals surface area contributed by atoms with Gasteiger partial charge < -0.3 is 24.6 Å². The molecule has 8 heteroatoms. The van der Waals surface area contributed by atoms with Gasteiger partial charge in [0.15, 0.2) is 0 Å². The summed E-state index contributed by atoms with van der Waals surface area (Å²) in [5.41, 5.74) is 3.34. The first-order valence-corrected chi connectivity index (χ1v) is 14.3. The van der Waals surface area contributed by atoms with Gasteiger partial charge in [-0.25, -0.2) is 9.59 Å². The van der Waals surface area contributed by atoms with Crippen molar-refractivity contribution >= 4 is 23.8 Å². The van der Waals surface area contributed by atoms with E-state index in [9.17, 15) is 14.4 Å². The molecule has 0 aliphatic carbocycles. The third kappa shape index (κ3) is 7.14. The molecule has 216 valence electrons. The molecule has 2 aromatic rings. The standard InChI is InChI=1S/C32H43N3O5/c1-21-22(2)35(23(3)36)28-13-12-26(18-24-14-16-34(17-15-24)31(38)40-32(4,5)6)19-27(28)29(21)33-30(37)39-20-25-10-8-7-9-11-25/h7-13,19,21-22,24,29H,14-18,20H2,1-6H3,(H,33,37)/t21-,22-,29+/m0/s1. The highest BCUT2D eigenvalue weighted by Gasteiger charge is 2.39. The van der Waals surface area contributed by atoms with Gasteiger partial charge in [0.2, 0.25) is 5.91 Å². The summed E-state index contributed by atoms with van der Waals surface area (Å²) >= 11 is 0. The van der Waals surface area contributed by atoms with E-state index >= 15 is 0 Å². The van der Waals surface area contributed by atoms with E-state index in [-0.39, 0.29) is 36.6 Å². The fourth-order valence-corrected chi connectivity index (χ4v) is 5.75. The van der Waals surface area contributed by atoms with Crippen molar-refractivity contribution in [3.63, 3.8) is 0 Å². The lowest BCUT2D eigenvalue weighted by atomic mass is 9.81. The van der Waals surface area contributed by atoms with Crippen molar-refractivity contribution < 1.29 is 23.9 Å². The first kappa shape index (κ1) is 29.4. The van der Waals surface area contributed by atoms with Gasteiger partial charge in [-0.2, -0.15) is 0 Å². The van der Waals surface area contributed by atoms with Crippen LogP contribution in [-0.4, -0.2) is 47.7 Å². The Morgan fingerprint density at radius 2 is 1.65 bits per heavy atom. The van der Waals surface area contributed by atoms with Crippen molar-refractivity contribution in [3.05, 3.63) is 65.2 Å². The number of likely N-dealkylation sites (tertiary alicyclic amines) is 1. The van der Waals surface area contributed by atoms with Crippen molar-refractivity contribution in [1.29, 1.82) is 0 Å². The van der Waals surface area contributed by atoms with E-state index in [1.54, 1.807) is 11.8 Å². The Balaban J connectivity index is 1.47. The van der Waals surface area contributed by atoms with E-state index in [0.717, 1.165) is 41.6 Å². The Bertz CT molecular complexity index is 1200. The zero-order valence-corrected chi connectivity index (χ0v) is 24.6. The average Bonchev–Trinajstić information content (AvgIpc) is 2.90. The minimum absolute atomic E-state index is 0.0204. The van der Waals surface area contributed by atoms with Crippen LogP contribution in [-0.2, 0) is 27.3 Å². The van der Waals surface area contributed by atoms with Crippen molar-refractivity contribution in [2.45, 2.75) is 85.1 Å². The van der Waals surface area contributed by atoms with Crippen molar-refractivity contribution in [1.82, 2.24) is 10.2 Å². The van der Waals surface area contributed by atoms with Crippen LogP contribution in [0.4, 0.5) is 15.3 Å². The van der Waals surface area contributed by atoms with Gasteiger partial charge in [0.1, 0.15) is 12.2 Å². The van der Waals surface area contributed by atoms with Crippen LogP contribution in [0.2, 0.25) is 0 Å². The van der Waals surface area contributed by atoms with Crippen molar-refractivity contribution in [2.24, 2.45) is 11.8 Å². The van der Waals surface area contributed by atoms with Crippen LogP contribution in [0, 0.1) is 11.8 Å². The topological polar surface area (TPSA) is 88.2 Å². The van der Waals surface area contributed by atoms with E-state index in [1.165, 1.54) is 0 Å². The summed E-state index contributed by atoms with van der Waals surface area (Å²) in [6.07, 6.45) is 1.94. The van der Waals surface area contributed by atoms with Crippen LogP contribution < -0.4 is 10.2 Å². The third-order valence-electron chi connectivity index (χ3n) is 8.00. The summed E-state index contributed by atoms with van der Waals surface area (Å²) in [6, 6.07) is 15.4. The fraction of sp³-hybridized carbons (Fsp3) is 0.531. The number of rotatable bonds is 5. The number of nitrogens with one attached hydrogen (secondary N) is 1. The predicted molar refractivity (Wildman–Crippen MR) is 155 cm³/mol. The van der Waals surface area contributed by atoms with Gasteiger partial charge in [0, 0.05) is 37.7 Å². The molecule has 0 radical (unpaired) electrons. The van der Waals surface area contributed by atoms with E-state index < -0.39 is 11.7 Å². The first-order chi connectivity index (χ1) is 18.9. The number of amides is 3. The summed E-state index contributed by atoms with van der Waals surface area (Å²) in [7, 11) is 0. The van der Waals surface area contributed by atoms with E-state index in [4.69, 9.17) is 9.47 Å². The van der Waals surface area contributed by atoms with Gasteiger partial charge in [0.25, 0.3) is 0 Å². The smallest absolute Gasteiger partial charge is 0.410 e. The molecule has 0 unspecified atom stereocenters. The summed E-state index contributed by atoms with van der Waals surface area (Å²) in [6.45, 7) is 12.9. The Hall–Kier alpha value is -3.55. The Morgan fingerprint density at radius 3 is 2.27 bits per heavy atom. The number of benzene rings is 2. The second kappa shape index (κ2) is 12.3. The molecule has 0 saturated carbocycles. The van der Waals surface area contributed by atoms with Gasteiger partial charge in [-0.1, -0.05) is 49.4 Å². The zero-order valence-electron chi connectivity index (χ0n) is 24.6. The SMILES string of the molecule is CC(=O)N1c2ccc(CC3CCN(C(=O)OC(C)(C)C)CC3)cc2[C@H](NC(=O)OCc2ccccc2)[C@@H](C)[C@@H]1C. The number of carbonyl (C=O) groups excluding carboxylic acids is 3. The molecule has 4 rings (SSSR count). The highest BCUT2D eigenvalue weighted by Crippen LogP contribution is 2.42. The minimum Gasteiger partial charge on any atom is -0.445 e. The van der Waals surface area contributed by atoms with E-state index in [2.05, 4.69) is 24.4 Å². The molecule has 2 aliphatic rings. The quantitative estimate of drug-likeness (QED) is 0.477. The first-order valence-electron chi connectivity index (χ1n) is 14.3. The molecule has 1 fully saturated rings. The Kier molecular flexibility index (Phi) is 9.06. The maximum atomic E-state index is 12.9. The number of hydrogen-bond donors (Lipinski definition) is 1. The number of ether oxygens (including phenoxy) is 2. The molecule has 1 N–H and O–H groups in total. The van der Waals surface area contributed by atoms with Gasteiger partial charge in [-0.05, 0) is 75.6 Å². The van der Waals surface area contributed by atoms with Crippen molar-refractivity contribution in [3.8, 4) is 0 Å². The highest BCUT2D eigenvalue weighted by molar-refractivity contribution is 5.94. The van der Waals surface area contributed by atoms with E-state index in [0.29, 0.717) is 19.0 Å². The zero-order chi connectivity index (χ0) is 29.0. The monoisotopic (exact) mass is 549 g/mol. The number of piperidine rings is 1. The number of hydrogen-bond acceptors (Lipinski definition) is 5. The van der Waals surface area contributed by atoms with Crippen LogP contribution in [0.1, 0.15) is 77.1 Å². The normalized spacial score (nSPS) is 21.4. The van der Waals surface area contributed by atoms with Crippen molar-refractivity contribution in [2.75, 3.05) is 18.0 Å². The van der Waals surface area contributed by atoms with Gasteiger partial charge in [-0.15, -0.1) is 0 Å². The molecule has 0 bridgehead atoms. The molecular weight excluding hydrogens is 506 g/mol. The molecule has 8 nitrogen and oxygen atoms in total. The largest absolute Gasteiger partial charge is 0.445 e. The molecule has 2 aromatic carbocycles. The molecule has 3 amide bonds. The molecule has 1 saturated heterocycles. The summed E-state index contributed by atoms with van der Waals surface area (Å²) in [5.74, 6) is 0.392. The van der Waals surface area contributed by atoms with Crippen LogP contribution >= 0.6 is 0 Å². The second-order valence-corrected chi connectivity index (χ2v) is 12.2. The van der Waals surface area contributed by atoms with Gasteiger partial charge in [-0.3, -0.25) is 4.79 Å². The summed E-state index contributed by atoms with van der Waals surface area (Å²) < 4.78 is 11.1. The lowest BCUT2D eigenvalue weighted by Gasteiger charge is -2.43. The average molecular weight is 550 g/mol. The van der Waals surface area contributed by atoms with Crippen LogP contribution in [0.3, 0.4) is 0 Å². The van der Waals surface area contributed by atoms with Gasteiger partial charge >= 0.3 is 12.2 Å². The molecular formula is C32H43N3O5. The predicted octanol–water partition coefficient (Wildman–Crippen LogP) is 6.23. The molecule has 0 spiro atoms. The van der Waals surface area contributed by atoms with Crippen LogP contribution in [0.15, 0.2) is 48.5 Å². The Labute approximate surface area is 238 Å². The molecule has 2 heterocycles. The number of fused-ring (bicyclic) bond motifs is 1. The maximum Gasteiger partial charge on any atom is 0.410 e. The summed E-state index contributed by atoms with van der Waals surface area (Å²) in [4.78, 5) is 41.6. The van der Waals surface area contributed by atoms with Crippen LogP contribution in [0.25, 0.3) is 0 Å². The highest BCUT2D eigenvalue weighted by atomic mass is 16.6. The van der Waals surface area contributed by atoms with Gasteiger partial charge in [0.05, 0.1) is 6.04 Å². The number of anilines is 1. The van der Waals surface area contributed by atoms with Crippen LogP contribution in [0.5, 0.6) is 0 Å². The lowest BCUT2D eigenvalue weighted by Crippen LogP contribution is -2.50. The number of alkyl carbamates (subject to hydrolysis) is 1.